The molecule has 5 heteroatoms. The first-order chi connectivity index (χ1) is 8.27. The minimum Gasteiger partial charge on any atom is -0.493 e. The van der Waals surface area contributed by atoms with Crippen LogP contribution in [-0.4, -0.2) is 25.8 Å². The molecule has 0 saturated carbocycles. The highest BCUT2D eigenvalue weighted by Crippen LogP contribution is 2.25. The van der Waals surface area contributed by atoms with E-state index in [0.717, 1.165) is 6.42 Å². The maximum Gasteiger partial charge on any atom is 0.277 e. The third kappa shape index (κ3) is 4.55. The zero-order valence-corrected chi connectivity index (χ0v) is 9.97. The lowest BCUT2D eigenvalue weighted by molar-refractivity contribution is -0.123. The van der Waals surface area contributed by atoms with Gasteiger partial charge in [0.15, 0.2) is 18.1 Å². The summed E-state index contributed by atoms with van der Waals surface area (Å²) in [6, 6.07) is 7.15. The van der Waals surface area contributed by atoms with Crippen molar-refractivity contribution in [2.75, 3.05) is 13.7 Å². The van der Waals surface area contributed by atoms with E-state index in [-0.39, 0.29) is 12.5 Å². The SMILES string of the molecule is CCC=NNC(=O)COc1ccccc1OC. The summed E-state index contributed by atoms with van der Waals surface area (Å²) in [4.78, 5) is 11.3. The zero-order chi connectivity index (χ0) is 12.5. The average Bonchev–Trinajstić information content (AvgIpc) is 2.37. The van der Waals surface area contributed by atoms with Crippen LogP contribution >= 0.6 is 0 Å². The maximum absolute atomic E-state index is 11.3. The number of nitrogens with one attached hydrogen (secondary N) is 1. The molecule has 0 saturated heterocycles. The van der Waals surface area contributed by atoms with Crippen LogP contribution in [0.5, 0.6) is 11.5 Å². The fourth-order valence-corrected chi connectivity index (χ4v) is 1.12. The number of hydrogen-bond donors (Lipinski definition) is 1. The number of methoxy groups -OCH3 is 1. The van der Waals surface area contributed by atoms with E-state index in [2.05, 4.69) is 10.5 Å². The highest BCUT2D eigenvalue weighted by atomic mass is 16.5. The van der Waals surface area contributed by atoms with Gasteiger partial charge in [0.1, 0.15) is 0 Å². The predicted molar refractivity (Wildman–Crippen MR) is 65.4 cm³/mol. The van der Waals surface area contributed by atoms with Crippen molar-refractivity contribution in [1.29, 1.82) is 0 Å². The van der Waals surface area contributed by atoms with Crippen molar-refractivity contribution in [2.45, 2.75) is 13.3 Å². The van der Waals surface area contributed by atoms with E-state index in [9.17, 15) is 4.79 Å². The molecule has 0 aliphatic heterocycles. The van der Waals surface area contributed by atoms with Gasteiger partial charge in [0.2, 0.25) is 0 Å². The summed E-state index contributed by atoms with van der Waals surface area (Å²) in [7, 11) is 1.55. The van der Waals surface area contributed by atoms with Crippen molar-refractivity contribution in [3.05, 3.63) is 24.3 Å². The molecule has 0 aliphatic rings. The van der Waals surface area contributed by atoms with Crippen LogP contribution in [0.25, 0.3) is 0 Å². The first-order valence-electron chi connectivity index (χ1n) is 5.34. The molecule has 1 aromatic carbocycles. The van der Waals surface area contributed by atoms with Crippen LogP contribution in [-0.2, 0) is 4.79 Å². The zero-order valence-electron chi connectivity index (χ0n) is 9.97. The van der Waals surface area contributed by atoms with E-state index in [1.165, 1.54) is 0 Å². The molecule has 0 bridgehead atoms. The van der Waals surface area contributed by atoms with Crippen molar-refractivity contribution in [3.8, 4) is 11.5 Å². The number of amides is 1. The van der Waals surface area contributed by atoms with Crippen molar-refractivity contribution in [3.63, 3.8) is 0 Å². The third-order valence-electron chi connectivity index (χ3n) is 1.89. The van der Waals surface area contributed by atoms with E-state index in [1.807, 2.05) is 19.1 Å². The van der Waals surface area contributed by atoms with Gasteiger partial charge in [-0.3, -0.25) is 4.79 Å². The Bertz CT molecular complexity index is 391. The number of nitrogens with zero attached hydrogens (tertiary/aromatic N) is 1. The summed E-state index contributed by atoms with van der Waals surface area (Å²) in [5, 5.41) is 3.71. The molecule has 1 N–H and O–H groups in total. The molecule has 0 heterocycles. The number of carbonyl (C=O) groups excluding carboxylic acids is 1. The standard InChI is InChI=1S/C12H16N2O3/c1-3-8-13-14-12(15)9-17-11-7-5-4-6-10(11)16-2/h4-8H,3,9H2,1-2H3,(H,14,15). The molecule has 0 spiro atoms. The van der Waals surface area contributed by atoms with E-state index in [0.29, 0.717) is 11.5 Å². The molecule has 1 aromatic rings. The van der Waals surface area contributed by atoms with E-state index in [4.69, 9.17) is 9.47 Å². The number of carbonyl (C=O) groups is 1. The fraction of sp³-hybridized carbons (Fsp3) is 0.333. The molecular formula is C12H16N2O3. The van der Waals surface area contributed by atoms with Crippen LogP contribution in [0.15, 0.2) is 29.4 Å². The van der Waals surface area contributed by atoms with Crippen molar-refractivity contribution in [1.82, 2.24) is 5.43 Å². The second kappa shape index (κ2) is 7.27. The van der Waals surface area contributed by atoms with Gasteiger partial charge < -0.3 is 9.47 Å². The molecule has 5 nitrogen and oxygen atoms in total. The van der Waals surface area contributed by atoms with Crippen LogP contribution in [0.3, 0.4) is 0 Å². The molecule has 0 aliphatic carbocycles. The smallest absolute Gasteiger partial charge is 0.277 e. The Balaban J connectivity index is 2.44. The molecule has 17 heavy (non-hydrogen) atoms. The van der Waals surface area contributed by atoms with Gasteiger partial charge in [0.05, 0.1) is 7.11 Å². The molecule has 1 amide bonds. The molecular weight excluding hydrogens is 220 g/mol. The first kappa shape index (κ1) is 13.0. The second-order valence-electron chi connectivity index (χ2n) is 3.19. The van der Waals surface area contributed by atoms with Crippen molar-refractivity contribution in [2.24, 2.45) is 5.10 Å². The van der Waals surface area contributed by atoms with Crippen molar-refractivity contribution >= 4 is 12.1 Å². The predicted octanol–water partition coefficient (Wildman–Crippen LogP) is 1.59. The van der Waals surface area contributed by atoms with Gasteiger partial charge in [-0.05, 0) is 18.6 Å². The van der Waals surface area contributed by atoms with Gasteiger partial charge in [-0.2, -0.15) is 5.10 Å². The second-order valence-corrected chi connectivity index (χ2v) is 3.19. The van der Waals surface area contributed by atoms with Gasteiger partial charge in [0.25, 0.3) is 5.91 Å². The highest BCUT2D eigenvalue weighted by Gasteiger charge is 2.05. The Kier molecular flexibility index (Phi) is 5.57. The van der Waals surface area contributed by atoms with Crippen LogP contribution < -0.4 is 14.9 Å². The average molecular weight is 236 g/mol. The minimum atomic E-state index is -0.305. The summed E-state index contributed by atoms with van der Waals surface area (Å²) < 4.78 is 10.4. The van der Waals surface area contributed by atoms with Gasteiger partial charge in [0, 0.05) is 6.21 Å². The number of hydrazone groups is 1. The topological polar surface area (TPSA) is 59.9 Å². The summed E-state index contributed by atoms with van der Waals surface area (Å²) in [6.07, 6.45) is 2.38. The molecule has 1 rings (SSSR count). The molecule has 0 fully saturated rings. The molecule has 0 atom stereocenters. The minimum absolute atomic E-state index is 0.0958. The van der Waals surface area contributed by atoms with Gasteiger partial charge in [-0.1, -0.05) is 19.1 Å². The third-order valence-corrected chi connectivity index (χ3v) is 1.89. The summed E-state index contributed by atoms with van der Waals surface area (Å²) >= 11 is 0. The number of hydrogen-bond acceptors (Lipinski definition) is 4. The molecule has 0 radical (unpaired) electrons. The Morgan fingerprint density at radius 1 is 1.41 bits per heavy atom. The van der Waals surface area contributed by atoms with Crippen LogP contribution in [0.1, 0.15) is 13.3 Å². The summed E-state index contributed by atoms with van der Waals surface area (Å²) in [6.45, 7) is 1.84. The lowest BCUT2D eigenvalue weighted by Crippen LogP contribution is -2.24. The van der Waals surface area contributed by atoms with Gasteiger partial charge >= 0.3 is 0 Å². The van der Waals surface area contributed by atoms with Crippen LogP contribution in [0.4, 0.5) is 0 Å². The largest absolute Gasteiger partial charge is 0.493 e. The Hall–Kier alpha value is -2.04. The maximum atomic E-state index is 11.3. The molecule has 0 unspecified atom stereocenters. The van der Waals surface area contributed by atoms with E-state index < -0.39 is 0 Å². The first-order valence-corrected chi connectivity index (χ1v) is 5.34. The molecule has 0 aromatic heterocycles. The fourth-order valence-electron chi connectivity index (χ4n) is 1.12. The van der Waals surface area contributed by atoms with E-state index >= 15 is 0 Å². The summed E-state index contributed by atoms with van der Waals surface area (Å²) in [5.74, 6) is 0.822. The Morgan fingerprint density at radius 3 is 2.76 bits per heavy atom. The quantitative estimate of drug-likeness (QED) is 0.602. The Labute approximate surface area is 100 Å². The lowest BCUT2D eigenvalue weighted by Gasteiger charge is -2.08. The molecule has 92 valence electrons. The van der Waals surface area contributed by atoms with Crippen LogP contribution in [0, 0.1) is 0 Å². The normalized spacial score (nSPS) is 10.2. The van der Waals surface area contributed by atoms with Gasteiger partial charge in [-0.25, -0.2) is 5.43 Å². The Morgan fingerprint density at radius 2 is 2.12 bits per heavy atom. The lowest BCUT2D eigenvalue weighted by atomic mass is 10.3. The highest BCUT2D eigenvalue weighted by molar-refractivity contribution is 5.78. The van der Waals surface area contributed by atoms with Crippen LogP contribution in [0.2, 0.25) is 0 Å². The number of para-hydroxylation sites is 2. The van der Waals surface area contributed by atoms with Crippen molar-refractivity contribution < 1.29 is 14.3 Å². The summed E-state index contributed by atoms with van der Waals surface area (Å²) in [5.41, 5.74) is 2.36. The number of rotatable bonds is 6. The van der Waals surface area contributed by atoms with Gasteiger partial charge in [-0.15, -0.1) is 0 Å². The number of benzene rings is 1. The van der Waals surface area contributed by atoms with E-state index in [1.54, 1.807) is 25.5 Å². The monoisotopic (exact) mass is 236 g/mol. The number of ether oxygens (including phenoxy) is 2.